The van der Waals surface area contributed by atoms with E-state index in [1.807, 2.05) is 30.3 Å². The highest BCUT2D eigenvalue weighted by Crippen LogP contribution is 2.25. The van der Waals surface area contributed by atoms with Crippen LogP contribution in [0.4, 0.5) is 4.79 Å². The second-order valence-electron chi connectivity index (χ2n) is 7.15. The van der Waals surface area contributed by atoms with Crippen molar-refractivity contribution in [2.75, 3.05) is 20.2 Å². The zero-order valence-corrected chi connectivity index (χ0v) is 14.8. The molecule has 2 rings (SSSR count). The van der Waals surface area contributed by atoms with E-state index in [9.17, 15) is 9.59 Å². The molecule has 0 aliphatic carbocycles. The molecule has 0 radical (unpaired) electrons. The van der Waals surface area contributed by atoms with Crippen molar-refractivity contribution in [2.45, 2.75) is 44.9 Å². The molecule has 1 aliphatic rings. The Bertz CT molecular complexity index is 582. The van der Waals surface area contributed by atoms with Gasteiger partial charge in [-0.15, -0.1) is 0 Å². The van der Waals surface area contributed by atoms with Crippen molar-refractivity contribution in [1.82, 2.24) is 10.2 Å². The number of nitrogens with one attached hydrogen (secondary N) is 1. The molecule has 132 valence electrons. The van der Waals surface area contributed by atoms with Crippen molar-refractivity contribution in [3.8, 4) is 0 Å². The fourth-order valence-electron chi connectivity index (χ4n) is 2.88. The van der Waals surface area contributed by atoms with Crippen LogP contribution in [-0.4, -0.2) is 48.3 Å². The molecule has 6 nitrogen and oxygen atoms in total. The molecule has 0 saturated carbocycles. The SMILES string of the molecule is COC(=O)[C@@]1(NC(=O)OC(C)(C)C)CCN(Cc2ccccc2)C1. The predicted octanol–water partition coefficient (Wildman–Crippen LogP) is 2.33. The summed E-state index contributed by atoms with van der Waals surface area (Å²) in [5, 5.41) is 2.74. The van der Waals surface area contributed by atoms with E-state index < -0.39 is 23.2 Å². The summed E-state index contributed by atoms with van der Waals surface area (Å²) >= 11 is 0. The summed E-state index contributed by atoms with van der Waals surface area (Å²) in [5.41, 5.74) is -0.522. The van der Waals surface area contributed by atoms with Crippen molar-refractivity contribution in [3.05, 3.63) is 35.9 Å². The Balaban J connectivity index is 2.07. The molecule has 24 heavy (non-hydrogen) atoms. The maximum Gasteiger partial charge on any atom is 0.408 e. The van der Waals surface area contributed by atoms with Crippen molar-refractivity contribution in [3.63, 3.8) is 0 Å². The van der Waals surface area contributed by atoms with Crippen LogP contribution in [0.1, 0.15) is 32.8 Å². The summed E-state index contributed by atoms with van der Waals surface area (Å²) in [6.07, 6.45) is -0.111. The minimum absolute atomic E-state index is 0.397. The van der Waals surface area contributed by atoms with Gasteiger partial charge in [0.2, 0.25) is 0 Å². The zero-order chi connectivity index (χ0) is 17.8. The van der Waals surface area contributed by atoms with Crippen LogP contribution >= 0.6 is 0 Å². The van der Waals surface area contributed by atoms with Crippen LogP contribution in [0.25, 0.3) is 0 Å². The molecular formula is C18H26N2O4. The average molecular weight is 334 g/mol. The number of nitrogens with zero attached hydrogens (tertiary/aromatic N) is 1. The molecule has 1 N–H and O–H groups in total. The molecule has 1 aromatic carbocycles. The highest BCUT2D eigenvalue weighted by Gasteiger charge is 2.47. The number of alkyl carbamates (subject to hydrolysis) is 1. The lowest BCUT2D eigenvalue weighted by Gasteiger charge is -2.29. The molecule has 1 heterocycles. The van der Waals surface area contributed by atoms with Gasteiger partial charge in [0.1, 0.15) is 5.60 Å². The van der Waals surface area contributed by atoms with Crippen molar-refractivity contribution >= 4 is 12.1 Å². The van der Waals surface area contributed by atoms with Gasteiger partial charge in [0.15, 0.2) is 5.54 Å². The van der Waals surface area contributed by atoms with E-state index in [0.29, 0.717) is 19.5 Å². The zero-order valence-electron chi connectivity index (χ0n) is 14.8. The first kappa shape index (κ1) is 18.3. The van der Waals surface area contributed by atoms with Gasteiger partial charge in [0, 0.05) is 19.6 Å². The van der Waals surface area contributed by atoms with E-state index in [2.05, 4.69) is 10.2 Å². The molecule has 6 heteroatoms. The van der Waals surface area contributed by atoms with Crippen LogP contribution < -0.4 is 5.32 Å². The molecule has 0 unspecified atom stereocenters. The summed E-state index contributed by atoms with van der Waals surface area (Å²) in [5.74, 6) is -0.441. The molecule has 1 aliphatic heterocycles. The van der Waals surface area contributed by atoms with Gasteiger partial charge in [-0.25, -0.2) is 9.59 Å². The van der Waals surface area contributed by atoms with E-state index >= 15 is 0 Å². The normalized spacial score (nSPS) is 21.3. The number of hydrogen-bond donors (Lipinski definition) is 1. The highest BCUT2D eigenvalue weighted by atomic mass is 16.6. The van der Waals surface area contributed by atoms with Crippen LogP contribution in [0.3, 0.4) is 0 Å². The molecule has 1 aromatic rings. The summed E-state index contributed by atoms with van der Waals surface area (Å²) in [4.78, 5) is 26.6. The van der Waals surface area contributed by atoms with E-state index in [-0.39, 0.29) is 0 Å². The average Bonchev–Trinajstić information content (AvgIpc) is 2.89. The van der Waals surface area contributed by atoms with Crippen LogP contribution in [-0.2, 0) is 20.8 Å². The number of carbonyl (C=O) groups is 2. The smallest absolute Gasteiger partial charge is 0.408 e. The summed E-state index contributed by atoms with van der Waals surface area (Å²) in [7, 11) is 1.33. The lowest BCUT2D eigenvalue weighted by atomic mass is 9.99. The first-order valence-electron chi connectivity index (χ1n) is 8.10. The number of hydrogen-bond acceptors (Lipinski definition) is 5. The fourth-order valence-corrected chi connectivity index (χ4v) is 2.88. The Kier molecular flexibility index (Phi) is 5.49. The first-order chi connectivity index (χ1) is 11.2. The fraction of sp³-hybridized carbons (Fsp3) is 0.556. The van der Waals surface area contributed by atoms with Crippen molar-refractivity contribution in [1.29, 1.82) is 0 Å². The second-order valence-corrected chi connectivity index (χ2v) is 7.15. The van der Waals surface area contributed by atoms with Gasteiger partial charge in [0.25, 0.3) is 0 Å². The summed E-state index contributed by atoms with van der Waals surface area (Å²) in [6.45, 7) is 7.17. The monoisotopic (exact) mass is 334 g/mol. The quantitative estimate of drug-likeness (QED) is 0.856. The van der Waals surface area contributed by atoms with Gasteiger partial charge in [-0.3, -0.25) is 4.90 Å². The number of benzene rings is 1. The Morgan fingerprint density at radius 2 is 1.92 bits per heavy atom. The minimum atomic E-state index is -1.06. The van der Waals surface area contributed by atoms with Crippen LogP contribution in [0, 0.1) is 0 Å². The van der Waals surface area contributed by atoms with Gasteiger partial charge in [0.05, 0.1) is 7.11 Å². The Morgan fingerprint density at radius 1 is 1.25 bits per heavy atom. The van der Waals surface area contributed by atoms with E-state index in [1.54, 1.807) is 20.8 Å². The molecule has 1 amide bonds. The number of ether oxygens (including phenoxy) is 2. The summed E-state index contributed by atoms with van der Waals surface area (Å²) in [6, 6.07) is 10.0. The van der Waals surface area contributed by atoms with Gasteiger partial charge in [-0.05, 0) is 32.8 Å². The third kappa shape index (κ3) is 4.71. The van der Waals surface area contributed by atoms with Gasteiger partial charge >= 0.3 is 12.1 Å². The predicted molar refractivity (Wildman–Crippen MR) is 90.5 cm³/mol. The van der Waals surface area contributed by atoms with Crippen LogP contribution in [0.15, 0.2) is 30.3 Å². The van der Waals surface area contributed by atoms with Crippen LogP contribution in [0.5, 0.6) is 0 Å². The maximum absolute atomic E-state index is 12.3. The van der Waals surface area contributed by atoms with E-state index in [0.717, 1.165) is 12.1 Å². The Labute approximate surface area is 143 Å². The van der Waals surface area contributed by atoms with Crippen LogP contribution in [0.2, 0.25) is 0 Å². The molecule has 1 fully saturated rings. The largest absolute Gasteiger partial charge is 0.467 e. The topological polar surface area (TPSA) is 67.9 Å². The second kappa shape index (κ2) is 7.21. The lowest BCUT2D eigenvalue weighted by Crippen LogP contribution is -2.57. The standard InChI is InChI=1S/C18H26N2O4/c1-17(2,3)24-16(22)19-18(15(21)23-4)10-11-20(13-18)12-14-8-6-5-7-9-14/h5-9H,10-13H2,1-4H3,(H,19,22)/t18-/m1/s1. The highest BCUT2D eigenvalue weighted by molar-refractivity contribution is 5.86. The number of amides is 1. The molecule has 0 aromatic heterocycles. The van der Waals surface area contributed by atoms with Crippen molar-refractivity contribution in [2.24, 2.45) is 0 Å². The molecule has 0 bridgehead atoms. The number of esters is 1. The van der Waals surface area contributed by atoms with E-state index in [1.165, 1.54) is 7.11 Å². The molecule has 0 spiro atoms. The van der Waals surface area contributed by atoms with E-state index in [4.69, 9.17) is 9.47 Å². The maximum atomic E-state index is 12.3. The number of methoxy groups -OCH3 is 1. The van der Waals surface area contributed by atoms with Gasteiger partial charge < -0.3 is 14.8 Å². The van der Waals surface area contributed by atoms with Gasteiger partial charge in [-0.1, -0.05) is 30.3 Å². The Morgan fingerprint density at radius 3 is 2.50 bits per heavy atom. The Hall–Kier alpha value is -2.08. The molecule has 1 saturated heterocycles. The molecule has 1 atom stereocenters. The third-order valence-electron chi connectivity index (χ3n) is 3.91. The van der Waals surface area contributed by atoms with Crippen molar-refractivity contribution < 1.29 is 19.1 Å². The minimum Gasteiger partial charge on any atom is -0.467 e. The molecular weight excluding hydrogens is 308 g/mol. The third-order valence-corrected chi connectivity index (χ3v) is 3.91. The van der Waals surface area contributed by atoms with Gasteiger partial charge in [-0.2, -0.15) is 0 Å². The lowest BCUT2D eigenvalue weighted by molar-refractivity contribution is -0.148. The summed E-state index contributed by atoms with van der Waals surface area (Å²) < 4.78 is 10.2. The first-order valence-corrected chi connectivity index (χ1v) is 8.10. The number of carbonyl (C=O) groups excluding carboxylic acids is 2. The number of likely N-dealkylation sites (tertiary alicyclic amines) is 1. The number of rotatable bonds is 4.